The summed E-state index contributed by atoms with van der Waals surface area (Å²) < 4.78 is 0. The van der Waals surface area contributed by atoms with Crippen LogP contribution in [0.2, 0.25) is 0 Å². The van der Waals surface area contributed by atoms with Crippen molar-refractivity contribution in [2.45, 2.75) is 39.0 Å². The molecule has 0 nitrogen and oxygen atoms in total. The molecular weight excluding hydrogens is 245 g/mol. The molecule has 0 aromatic heterocycles. The van der Waals surface area contributed by atoms with Crippen LogP contribution in [0.3, 0.4) is 0 Å². The standard InChI is InChI=1S/C12H18.Ru/c1-3-8-12-10-7-5-4-6-9-11(12)2;/h3,6,9H,1,4-5,7-8,10H2,2H3;/b9-6-,12-11-;. The molecule has 0 fully saturated rings. The van der Waals surface area contributed by atoms with E-state index in [4.69, 9.17) is 0 Å². The Morgan fingerprint density at radius 2 is 2.23 bits per heavy atom. The molecule has 0 radical (unpaired) electrons. The third kappa shape index (κ3) is 4.57. The van der Waals surface area contributed by atoms with E-state index in [0.29, 0.717) is 0 Å². The van der Waals surface area contributed by atoms with Gasteiger partial charge in [0, 0.05) is 19.5 Å². The minimum absolute atomic E-state index is 0. The smallest absolute Gasteiger partial charge is 0 e. The first-order chi connectivity index (χ1) is 5.84. The van der Waals surface area contributed by atoms with Crippen molar-refractivity contribution in [2.24, 2.45) is 0 Å². The molecule has 13 heavy (non-hydrogen) atoms. The molecule has 0 heterocycles. The van der Waals surface area contributed by atoms with Gasteiger partial charge in [0.05, 0.1) is 0 Å². The fraction of sp³-hybridized carbons (Fsp3) is 0.500. The molecule has 0 aromatic rings. The van der Waals surface area contributed by atoms with Gasteiger partial charge in [0.1, 0.15) is 0 Å². The van der Waals surface area contributed by atoms with Crippen LogP contribution in [0.1, 0.15) is 39.0 Å². The summed E-state index contributed by atoms with van der Waals surface area (Å²) in [4.78, 5) is 0. The molecule has 1 rings (SSSR count). The van der Waals surface area contributed by atoms with E-state index >= 15 is 0 Å². The van der Waals surface area contributed by atoms with Crippen molar-refractivity contribution in [2.75, 3.05) is 0 Å². The fourth-order valence-corrected chi connectivity index (χ4v) is 1.61. The van der Waals surface area contributed by atoms with Crippen LogP contribution in [0, 0.1) is 0 Å². The predicted molar refractivity (Wildman–Crippen MR) is 55.1 cm³/mol. The van der Waals surface area contributed by atoms with Gasteiger partial charge in [-0.2, -0.15) is 0 Å². The molecule has 74 valence electrons. The second-order valence-corrected chi connectivity index (χ2v) is 3.43. The quantitative estimate of drug-likeness (QED) is 0.521. The van der Waals surface area contributed by atoms with Gasteiger partial charge in [-0.25, -0.2) is 0 Å². The van der Waals surface area contributed by atoms with Crippen LogP contribution in [0.15, 0.2) is 36.0 Å². The van der Waals surface area contributed by atoms with Gasteiger partial charge < -0.3 is 0 Å². The van der Waals surface area contributed by atoms with E-state index in [0.717, 1.165) is 6.42 Å². The Labute approximate surface area is 94.6 Å². The van der Waals surface area contributed by atoms with Crippen molar-refractivity contribution in [3.63, 3.8) is 0 Å². The van der Waals surface area contributed by atoms with Crippen LogP contribution in [0.25, 0.3) is 0 Å². The average Bonchev–Trinajstić information content (AvgIpc) is 2.05. The van der Waals surface area contributed by atoms with Crippen LogP contribution >= 0.6 is 0 Å². The maximum atomic E-state index is 3.79. The van der Waals surface area contributed by atoms with Gasteiger partial charge in [0.25, 0.3) is 0 Å². The third-order valence-electron chi connectivity index (χ3n) is 2.42. The normalized spacial score (nSPS) is 25.3. The Balaban J connectivity index is 0.00000144. The van der Waals surface area contributed by atoms with E-state index in [1.165, 1.54) is 31.3 Å². The van der Waals surface area contributed by atoms with Crippen molar-refractivity contribution >= 4 is 0 Å². The second-order valence-electron chi connectivity index (χ2n) is 3.43. The Hall–Kier alpha value is -0.157. The van der Waals surface area contributed by atoms with E-state index in [1.54, 1.807) is 5.57 Å². The van der Waals surface area contributed by atoms with Crippen LogP contribution in [-0.2, 0) is 19.5 Å². The summed E-state index contributed by atoms with van der Waals surface area (Å²) in [6, 6.07) is 0. The molecule has 0 bridgehead atoms. The van der Waals surface area contributed by atoms with Crippen LogP contribution in [0.4, 0.5) is 0 Å². The molecule has 0 saturated carbocycles. The van der Waals surface area contributed by atoms with Gasteiger partial charge in [-0.15, -0.1) is 6.58 Å². The molecule has 0 amide bonds. The summed E-state index contributed by atoms with van der Waals surface area (Å²) in [7, 11) is 0. The molecule has 0 saturated heterocycles. The zero-order valence-corrected chi connectivity index (χ0v) is 10.1. The van der Waals surface area contributed by atoms with Crippen LogP contribution in [0.5, 0.6) is 0 Å². The largest absolute Gasteiger partial charge is 0.103 e. The predicted octanol–water partition coefficient (Wildman–Crippen LogP) is 4.01. The molecular formula is C12H18Ru. The minimum atomic E-state index is 0. The van der Waals surface area contributed by atoms with E-state index in [2.05, 4.69) is 25.7 Å². The molecule has 1 aliphatic rings. The minimum Gasteiger partial charge on any atom is -0.103 e. The summed E-state index contributed by atoms with van der Waals surface area (Å²) in [5.74, 6) is 0. The Morgan fingerprint density at radius 1 is 1.46 bits per heavy atom. The number of hydrogen-bond donors (Lipinski definition) is 0. The summed E-state index contributed by atoms with van der Waals surface area (Å²) in [6.07, 6.45) is 12.8. The fourth-order valence-electron chi connectivity index (χ4n) is 1.61. The number of rotatable bonds is 2. The van der Waals surface area contributed by atoms with Crippen molar-refractivity contribution < 1.29 is 19.5 Å². The molecule has 0 atom stereocenters. The van der Waals surface area contributed by atoms with Gasteiger partial charge in [-0.3, -0.25) is 0 Å². The van der Waals surface area contributed by atoms with Gasteiger partial charge in [-0.05, 0) is 39.0 Å². The molecule has 1 aliphatic carbocycles. The topological polar surface area (TPSA) is 0 Å². The summed E-state index contributed by atoms with van der Waals surface area (Å²) in [6.45, 7) is 5.99. The van der Waals surface area contributed by atoms with Gasteiger partial charge in [-0.1, -0.05) is 29.4 Å². The van der Waals surface area contributed by atoms with Crippen LogP contribution in [-0.4, -0.2) is 0 Å². The Kier molecular flexibility index (Phi) is 7.18. The summed E-state index contributed by atoms with van der Waals surface area (Å²) >= 11 is 0. The van der Waals surface area contributed by atoms with Gasteiger partial charge in [0.15, 0.2) is 0 Å². The first-order valence-electron chi connectivity index (χ1n) is 4.80. The van der Waals surface area contributed by atoms with Crippen molar-refractivity contribution in [1.29, 1.82) is 0 Å². The summed E-state index contributed by atoms with van der Waals surface area (Å²) in [5, 5.41) is 0. The van der Waals surface area contributed by atoms with Gasteiger partial charge >= 0.3 is 0 Å². The monoisotopic (exact) mass is 264 g/mol. The van der Waals surface area contributed by atoms with Gasteiger partial charge in [0.2, 0.25) is 0 Å². The van der Waals surface area contributed by atoms with Crippen molar-refractivity contribution in [3.8, 4) is 0 Å². The molecule has 0 aromatic carbocycles. The Morgan fingerprint density at radius 3 is 2.92 bits per heavy atom. The van der Waals surface area contributed by atoms with Crippen LogP contribution < -0.4 is 0 Å². The zero-order valence-electron chi connectivity index (χ0n) is 8.33. The van der Waals surface area contributed by atoms with Crippen molar-refractivity contribution in [3.05, 3.63) is 36.0 Å². The van der Waals surface area contributed by atoms with E-state index < -0.39 is 0 Å². The summed E-state index contributed by atoms with van der Waals surface area (Å²) in [5.41, 5.74) is 3.02. The van der Waals surface area contributed by atoms with E-state index in [9.17, 15) is 0 Å². The maximum absolute atomic E-state index is 3.79. The molecule has 1 heteroatoms. The van der Waals surface area contributed by atoms with E-state index in [-0.39, 0.29) is 19.5 Å². The maximum Gasteiger partial charge on any atom is 0 e. The zero-order chi connectivity index (χ0) is 8.81. The molecule has 0 unspecified atom stereocenters. The molecule has 0 N–H and O–H groups in total. The molecule has 0 aliphatic heterocycles. The first kappa shape index (κ1) is 12.8. The van der Waals surface area contributed by atoms with E-state index in [1.807, 2.05) is 6.08 Å². The van der Waals surface area contributed by atoms with Crippen molar-refractivity contribution in [1.82, 2.24) is 0 Å². The number of hydrogen-bond acceptors (Lipinski definition) is 0. The molecule has 0 spiro atoms. The third-order valence-corrected chi connectivity index (χ3v) is 2.42. The number of allylic oxidation sites excluding steroid dienone is 5. The SMILES string of the molecule is C=CC/C1=C(C)/C=C\CCCC1.[Ru]. The Bertz CT molecular complexity index is 211. The average molecular weight is 263 g/mol. The first-order valence-corrected chi connectivity index (χ1v) is 4.80. The second kappa shape index (κ2) is 7.27.